The third kappa shape index (κ3) is 4.69. The quantitative estimate of drug-likeness (QED) is 0.226. The van der Waals surface area contributed by atoms with Crippen LogP contribution in [0.4, 0.5) is 5.69 Å². The van der Waals surface area contributed by atoms with Crippen molar-refractivity contribution in [2.75, 3.05) is 26.6 Å². The molecule has 8 nitrogen and oxygen atoms in total. The molecule has 0 unspecified atom stereocenters. The number of benzene rings is 3. The van der Waals surface area contributed by atoms with Gasteiger partial charge < -0.3 is 24.1 Å². The first kappa shape index (κ1) is 24.9. The van der Waals surface area contributed by atoms with Crippen LogP contribution in [0, 0.1) is 0 Å². The van der Waals surface area contributed by atoms with Crippen LogP contribution in [0.5, 0.6) is 17.2 Å². The first-order valence-electron chi connectivity index (χ1n) is 10.9. The number of halogens is 2. The van der Waals surface area contributed by atoms with Crippen molar-refractivity contribution < 1.29 is 23.5 Å². The smallest absolute Gasteiger partial charge is 0.267 e. The lowest BCUT2D eigenvalue weighted by molar-refractivity contribution is 0.103. The van der Waals surface area contributed by atoms with E-state index in [9.17, 15) is 4.79 Å². The predicted octanol–water partition coefficient (Wildman–Crippen LogP) is 7.20. The van der Waals surface area contributed by atoms with Gasteiger partial charge in [0.2, 0.25) is 11.6 Å². The van der Waals surface area contributed by atoms with Gasteiger partial charge in [-0.2, -0.15) is 4.98 Å². The van der Waals surface area contributed by atoms with E-state index in [1.54, 1.807) is 48.5 Å². The average molecular weight is 556 g/mol. The molecule has 0 spiro atoms. The molecule has 0 aliphatic carbocycles. The monoisotopic (exact) mass is 555 g/mol. The molecule has 0 aliphatic heterocycles. The number of hydrogen-bond donors (Lipinski definition) is 1. The van der Waals surface area contributed by atoms with Crippen LogP contribution in [0.15, 0.2) is 59.1 Å². The Morgan fingerprint density at radius 3 is 2.41 bits per heavy atom. The third-order valence-corrected chi connectivity index (χ3v) is 7.44. The Hall–Kier alpha value is -3.79. The van der Waals surface area contributed by atoms with E-state index < -0.39 is 0 Å². The van der Waals surface area contributed by atoms with Gasteiger partial charge in [0.15, 0.2) is 11.5 Å². The number of rotatable bonds is 7. The molecule has 1 N–H and O–H groups in total. The van der Waals surface area contributed by atoms with Crippen molar-refractivity contribution in [2.24, 2.45) is 0 Å². The molecule has 0 saturated carbocycles. The molecule has 0 radical (unpaired) electrons. The van der Waals surface area contributed by atoms with E-state index in [0.29, 0.717) is 54.8 Å². The summed E-state index contributed by atoms with van der Waals surface area (Å²) in [5.74, 6) is 1.52. The average Bonchev–Trinajstić information content (AvgIpc) is 3.53. The Morgan fingerprint density at radius 1 is 0.973 bits per heavy atom. The van der Waals surface area contributed by atoms with Gasteiger partial charge in [-0.3, -0.25) is 4.79 Å². The van der Waals surface area contributed by atoms with Gasteiger partial charge in [0.05, 0.1) is 37.6 Å². The molecular weight excluding hydrogens is 537 g/mol. The molecule has 0 bridgehead atoms. The van der Waals surface area contributed by atoms with Crippen molar-refractivity contribution in [1.29, 1.82) is 0 Å². The first-order valence-corrected chi connectivity index (χ1v) is 12.4. The van der Waals surface area contributed by atoms with E-state index in [-0.39, 0.29) is 11.8 Å². The SMILES string of the molecule is COc1cc(-c2noc(-c3ccccc3NC(=O)c3sc4cc(Cl)ccc4c3Cl)n2)cc(OC)c1OC. The number of fused-ring (bicyclic) bond motifs is 1. The van der Waals surface area contributed by atoms with Crippen molar-refractivity contribution >= 4 is 56.2 Å². The number of nitrogens with one attached hydrogen (secondary N) is 1. The van der Waals surface area contributed by atoms with Gasteiger partial charge in [-0.15, -0.1) is 11.3 Å². The topological polar surface area (TPSA) is 95.7 Å². The van der Waals surface area contributed by atoms with Gasteiger partial charge in [-0.1, -0.05) is 46.6 Å². The fraction of sp³-hybridized carbons (Fsp3) is 0.115. The van der Waals surface area contributed by atoms with Gasteiger partial charge in [-0.05, 0) is 36.4 Å². The lowest BCUT2D eigenvalue weighted by Crippen LogP contribution is -2.11. The number of hydrogen-bond acceptors (Lipinski definition) is 8. The Kier molecular flexibility index (Phi) is 6.92. The van der Waals surface area contributed by atoms with Gasteiger partial charge >= 0.3 is 0 Å². The summed E-state index contributed by atoms with van der Waals surface area (Å²) in [4.78, 5) is 18.1. The van der Waals surface area contributed by atoms with E-state index in [0.717, 1.165) is 10.1 Å². The zero-order chi connectivity index (χ0) is 26.1. The van der Waals surface area contributed by atoms with Gasteiger partial charge in [0.1, 0.15) is 4.88 Å². The molecule has 3 aromatic carbocycles. The molecule has 1 amide bonds. The molecule has 0 atom stereocenters. The molecular formula is C26H19Cl2N3O5S. The molecule has 0 fully saturated rings. The predicted molar refractivity (Wildman–Crippen MR) is 145 cm³/mol. The highest BCUT2D eigenvalue weighted by molar-refractivity contribution is 7.21. The van der Waals surface area contributed by atoms with Crippen LogP contribution >= 0.6 is 34.5 Å². The molecule has 37 heavy (non-hydrogen) atoms. The highest BCUT2D eigenvalue weighted by Gasteiger charge is 2.22. The number of aromatic nitrogens is 2. The zero-order valence-electron chi connectivity index (χ0n) is 19.8. The third-order valence-electron chi connectivity index (χ3n) is 5.55. The van der Waals surface area contributed by atoms with Crippen LogP contribution in [-0.2, 0) is 0 Å². The lowest BCUT2D eigenvalue weighted by Gasteiger charge is -2.12. The minimum atomic E-state index is -0.362. The summed E-state index contributed by atoms with van der Waals surface area (Å²) in [5, 5.41) is 8.73. The molecule has 5 rings (SSSR count). The standard InChI is InChI=1S/C26H19Cl2N3O5S/c1-33-18-10-13(11-19(34-2)22(18)35-3)24-30-26(36-31-24)15-6-4-5-7-17(15)29-25(32)23-21(28)16-9-8-14(27)12-20(16)37-23/h4-12H,1-3H3,(H,29,32). The summed E-state index contributed by atoms with van der Waals surface area (Å²) < 4.78 is 22.6. The van der Waals surface area contributed by atoms with Crippen LogP contribution in [0.25, 0.3) is 32.9 Å². The Morgan fingerprint density at radius 2 is 1.70 bits per heavy atom. The Balaban J connectivity index is 1.47. The first-order chi connectivity index (χ1) is 17.9. The second-order valence-corrected chi connectivity index (χ2v) is 9.59. The number of carbonyl (C=O) groups excluding carboxylic acids is 1. The maximum Gasteiger partial charge on any atom is 0.267 e. The number of carbonyl (C=O) groups is 1. The minimum Gasteiger partial charge on any atom is -0.493 e. The zero-order valence-corrected chi connectivity index (χ0v) is 22.1. The second-order valence-electron chi connectivity index (χ2n) is 7.72. The van der Waals surface area contributed by atoms with Crippen molar-refractivity contribution in [1.82, 2.24) is 10.1 Å². The van der Waals surface area contributed by atoms with E-state index in [2.05, 4.69) is 15.5 Å². The van der Waals surface area contributed by atoms with Crippen LogP contribution < -0.4 is 19.5 Å². The maximum atomic E-state index is 13.2. The summed E-state index contributed by atoms with van der Waals surface area (Å²) in [6, 6.07) is 15.9. The highest BCUT2D eigenvalue weighted by atomic mass is 35.5. The fourth-order valence-corrected chi connectivity index (χ4v) is 5.49. The molecule has 11 heteroatoms. The maximum absolute atomic E-state index is 13.2. The summed E-state index contributed by atoms with van der Waals surface area (Å²) in [7, 11) is 4.58. The van der Waals surface area contributed by atoms with Crippen LogP contribution in [0.2, 0.25) is 10.0 Å². The molecule has 188 valence electrons. The number of anilines is 1. The van der Waals surface area contributed by atoms with Crippen molar-refractivity contribution in [2.45, 2.75) is 0 Å². The fourth-order valence-electron chi connectivity index (χ4n) is 3.80. The Bertz CT molecular complexity index is 1610. The van der Waals surface area contributed by atoms with Crippen LogP contribution in [-0.4, -0.2) is 37.4 Å². The minimum absolute atomic E-state index is 0.217. The van der Waals surface area contributed by atoms with Gasteiger partial charge in [0.25, 0.3) is 11.8 Å². The van der Waals surface area contributed by atoms with Crippen molar-refractivity contribution in [3.8, 4) is 40.1 Å². The molecule has 0 saturated heterocycles. The van der Waals surface area contributed by atoms with E-state index in [1.165, 1.54) is 32.7 Å². The molecule has 2 heterocycles. The number of nitrogens with zero attached hydrogens (tertiary/aromatic N) is 2. The normalized spacial score (nSPS) is 10.9. The largest absolute Gasteiger partial charge is 0.493 e. The summed E-state index contributed by atoms with van der Waals surface area (Å²) in [6.07, 6.45) is 0. The van der Waals surface area contributed by atoms with E-state index in [4.69, 9.17) is 41.9 Å². The number of methoxy groups -OCH3 is 3. The number of ether oxygens (including phenoxy) is 3. The van der Waals surface area contributed by atoms with Crippen LogP contribution in [0.1, 0.15) is 9.67 Å². The van der Waals surface area contributed by atoms with Crippen molar-refractivity contribution in [3.63, 3.8) is 0 Å². The molecule has 2 aromatic heterocycles. The highest BCUT2D eigenvalue weighted by Crippen LogP contribution is 2.41. The molecule has 0 aliphatic rings. The molecule has 5 aromatic rings. The van der Waals surface area contributed by atoms with Gasteiger partial charge in [-0.25, -0.2) is 0 Å². The lowest BCUT2D eigenvalue weighted by atomic mass is 10.1. The Labute approximate surface area is 225 Å². The number of amides is 1. The number of thiophene rings is 1. The summed E-state index contributed by atoms with van der Waals surface area (Å²) >= 11 is 13.9. The number of para-hydroxylation sites is 1. The summed E-state index contributed by atoms with van der Waals surface area (Å²) in [5.41, 5.74) is 1.63. The van der Waals surface area contributed by atoms with E-state index in [1.807, 2.05) is 6.07 Å². The van der Waals surface area contributed by atoms with Gasteiger partial charge in [0, 0.05) is 20.7 Å². The second kappa shape index (κ2) is 10.3. The van der Waals surface area contributed by atoms with Crippen molar-refractivity contribution in [3.05, 3.63) is 69.5 Å². The van der Waals surface area contributed by atoms with E-state index >= 15 is 0 Å². The van der Waals surface area contributed by atoms with Crippen LogP contribution in [0.3, 0.4) is 0 Å². The summed E-state index contributed by atoms with van der Waals surface area (Å²) in [6.45, 7) is 0.